The number of hydrogen-bond acceptors (Lipinski definition) is 5. The zero-order valence-corrected chi connectivity index (χ0v) is 17.2. The predicted octanol–water partition coefficient (Wildman–Crippen LogP) is 5.74. The minimum Gasteiger partial charge on any atom is -0.481 e. The minimum absolute atomic E-state index is 0.294. The van der Waals surface area contributed by atoms with E-state index in [1.165, 1.54) is 15.0 Å². The Morgan fingerprint density at radius 1 is 1.07 bits per heavy atom. The Morgan fingerprint density at radius 2 is 1.93 bits per heavy atom. The van der Waals surface area contributed by atoms with E-state index in [0.717, 1.165) is 23.1 Å². The molecule has 4 rings (SSSR count). The van der Waals surface area contributed by atoms with Crippen LogP contribution in [0.4, 0.5) is 0 Å². The van der Waals surface area contributed by atoms with Crippen LogP contribution in [-0.4, -0.2) is 24.7 Å². The van der Waals surface area contributed by atoms with Crippen LogP contribution in [0, 0.1) is 0 Å². The van der Waals surface area contributed by atoms with Gasteiger partial charge in [-0.25, -0.2) is 9.78 Å². The lowest BCUT2D eigenvalue weighted by Crippen LogP contribution is -2.04. The van der Waals surface area contributed by atoms with Crippen LogP contribution in [0.15, 0.2) is 66.9 Å². The number of methoxy groups -OCH3 is 1. The molecule has 0 aliphatic heterocycles. The van der Waals surface area contributed by atoms with Gasteiger partial charge in [-0.1, -0.05) is 36.4 Å². The standard InChI is InChI=1S/C24H21NO3S/c1-3-28-24(26)19-9-4-7-16(13-19)21-11-5-8-17-14-20(29-22(17)21)15-18-10-6-12-25-23(18)27-2/h4-14H,3,15H2,1-2H3. The first-order valence-electron chi connectivity index (χ1n) is 9.46. The Kier molecular flexibility index (Phi) is 5.58. The maximum atomic E-state index is 12.1. The van der Waals surface area contributed by atoms with Crippen LogP contribution in [0.2, 0.25) is 0 Å². The highest BCUT2D eigenvalue weighted by Gasteiger charge is 2.13. The van der Waals surface area contributed by atoms with Crippen LogP contribution >= 0.6 is 11.3 Å². The molecule has 4 nitrogen and oxygen atoms in total. The third kappa shape index (κ3) is 4.00. The maximum absolute atomic E-state index is 12.1. The van der Waals surface area contributed by atoms with Crippen LogP contribution in [0.5, 0.6) is 5.88 Å². The maximum Gasteiger partial charge on any atom is 0.338 e. The van der Waals surface area contributed by atoms with Crippen molar-refractivity contribution in [2.24, 2.45) is 0 Å². The molecule has 5 heteroatoms. The Morgan fingerprint density at radius 3 is 2.76 bits per heavy atom. The molecule has 0 aliphatic rings. The Bertz CT molecular complexity index is 1170. The zero-order valence-electron chi connectivity index (χ0n) is 16.3. The fourth-order valence-electron chi connectivity index (χ4n) is 3.39. The SMILES string of the molecule is CCOC(=O)c1cccc(-c2cccc3cc(Cc4cccnc4OC)sc23)c1. The average Bonchev–Trinajstić information content (AvgIpc) is 3.17. The first kappa shape index (κ1) is 19.2. The zero-order chi connectivity index (χ0) is 20.2. The molecule has 146 valence electrons. The Hall–Kier alpha value is -3.18. The summed E-state index contributed by atoms with van der Waals surface area (Å²) in [7, 11) is 1.64. The summed E-state index contributed by atoms with van der Waals surface area (Å²) in [5.74, 6) is 0.365. The highest BCUT2D eigenvalue weighted by Crippen LogP contribution is 2.36. The van der Waals surface area contributed by atoms with Gasteiger partial charge in [0.15, 0.2) is 0 Å². The highest BCUT2D eigenvalue weighted by atomic mass is 32.1. The first-order valence-corrected chi connectivity index (χ1v) is 10.3. The smallest absolute Gasteiger partial charge is 0.338 e. The molecule has 0 aliphatic carbocycles. The quantitative estimate of drug-likeness (QED) is 0.385. The van der Waals surface area contributed by atoms with Crippen molar-refractivity contribution in [3.8, 4) is 17.0 Å². The number of pyridine rings is 1. The molecular formula is C24H21NO3S. The second-order valence-electron chi connectivity index (χ2n) is 6.59. The van der Waals surface area contributed by atoms with Gasteiger partial charge in [0.05, 0.1) is 19.3 Å². The number of ether oxygens (including phenoxy) is 2. The fraction of sp³-hybridized carbons (Fsp3) is 0.167. The van der Waals surface area contributed by atoms with E-state index in [2.05, 4.69) is 29.2 Å². The van der Waals surface area contributed by atoms with Crippen LogP contribution in [0.25, 0.3) is 21.2 Å². The summed E-state index contributed by atoms with van der Waals surface area (Å²) >= 11 is 1.76. The van der Waals surface area contributed by atoms with Gasteiger partial charge in [-0.3, -0.25) is 0 Å². The van der Waals surface area contributed by atoms with Crippen LogP contribution in [0.3, 0.4) is 0 Å². The number of aromatic nitrogens is 1. The molecule has 29 heavy (non-hydrogen) atoms. The van der Waals surface area contributed by atoms with Crippen molar-refractivity contribution in [2.75, 3.05) is 13.7 Å². The third-order valence-electron chi connectivity index (χ3n) is 4.69. The highest BCUT2D eigenvalue weighted by molar-refractivity contribution is 7.19. The number of hydrogen-bond donors (Lipinski definition) is 0. The van der Waals surface area contributed by atoms with Gasteiger partial charge in [0.1, 0.15) is 0 Å². The lowest BCUT2D eigenvalue weighted by atomic mass is 10.0. The summed E-state index contributed by atoms with van der Waals surface area (Å²) in [6.45, 7) is 2.18. The van der Waals surface area contributed by atoms with Crippen molar-refractivity contribution >= 4 is 27.4 Å². The van der Waals surface area contributed by atoms with Crippen molar-refractivity contribution in [2.45, 2.75) is 13.3 Å². The molecule has 0 atom stereocenters. The van der Waals surface area contributed by atoms with Crippen LogP contribution < -0.4 is 4.74 Å². The summed E-state index contributed by atoms with van der Waals surface area (Å²) in [5.41, 5.74) is 3.75. The molecule has 0 radical (unpaired) electrons. The van der Waals surface area contributed by atoms with E-state index in [1.807, 2.05) is 37.3 Å². The molecule has 2 heterocycles. The Labute approximate surface area is 173 Å². The molecule has 0 fully saturated rings. The number of carbonyl (C=O) groups excluding carboxylic acids is 1. The van der Waals surface area contributed by atoms with E-state index in [9.17, 15) is 4.79 Å². The van der Waals surface area contributed by atoms with E-state index < -0.39 is 0 Å². The number of benzene rings is 2. The molecule has 0 saturated heterocycles. The first-order chi connectivity index (χ1) is 14.2. The number of thiophene rings is 1. The largest absolute Gasteiger partial charge is 0.481 e. The van der Waals surface area contributed by atoms with Gasteiger partial charge in [0, 0.05) is 27.8 Å². The monoisotopic (exact) mass is 403 g/mol. The second kappa shape index (κ2) is 8.45. The van der Waals surface area contributed by atoms with Crippen LogP contribution in [-0.2, 0) is 11.2 Å². The number of esters is 1. The van der Waals surface area contributed by atoms with E-state index in [-0.39, 0.29) is 5.97 Å². The summed E-state index contributed by atoms with van der Waals surface area (Å²) in [5, 5.41) is 1.19. The van der Waals surface area contributed by atoms with Crippen molar-refractivity contribution < 1.29 is 14.3 Å². The third-order valence-corrected chi connectivity index (χ3v) is 5.87. The molecule has 0 amide bonds. The van der Waals surface area contributed by atoms with Gasteiger partial charge in [0.25, 0.3) is 0 Å². The molecule has 0 saturated carbocycles. The molecule has 0 unspecified atom stereocenters. The van der Waals surface area contributed by atoms with Crippen molar-refractivity contribution in [3.05, 3.63) is 82.9 Å². The van der Waals surface area contributed by atoms with Gasteiger partial charge in [-0.05, 0) is 47.7 Å². The van der Waals surface area contributed by atoms with Gasteiger partial charge < -0.3 is 9.47 Å². The Balaban J connectivity index is 1.72. The summed E-state index contributed by atoms with van der Waals surface area (Å²) in [6.07, 6.45) is 2.50. The summed E-state index contributed by atoms with van der Waals surface area (Å²) in [6, 6.07) is 20.1. The number of nitrogens with zero attached hydrogens (tertiary/aromatic N) is 1. The van der Waals surface area contributed by atoms with Crippen molar-refractivity contribution in [1.82, 2.24) is 4.98 Å². The topological polar surface area (TPSA) is 48.4 Å². The minimum atomic E-state index is -0.294. The molecule has 4 aromatic rings. The fourth-order valence-corrected chi connectivity index (χ4v) is 4.61. The molecule has 0 spiro atoms. The van der Waals surface area contributed by atoms with Crippen LogP contribution in [0.1, 0.15) is 27.7 Å². The molecule has 2 aromatic heterocycles. The van der Waals surface area contributed by atoms with Gasteiger partial charge in [-0.15, -0.1) is 11.3 Å². The summed E-state index contributed by atoms with van der Waals surface area (Å²) in [4.78, 5) is 17.7. The van der Waals surface area contributed by atoms with E-state index in [1.54, 1.807) is 30.7 Å². The lowest BCUT2D eigenvalue weighted by molar-refractivity contribution is 0.0526. The predicted molar refractivity (Wildman–Crippen MR) is 117 cm³/mol. The van der Waals surface area contributed by atoms with Gasteiger partial charge in [-0.2, -0.15) is 0 Å². The lowest BCUT2D eigenvalue weighted by Gasteiger charge is -2.07. The number of rotatable bonds is 6. The average molecular weight is 404 g/mol. The van der Waals surface area contributed by atoms with Gasteiger partial charge in [0.2, 0.25) is 5.88 Å². The molecule has 0 N–H and O–H groups in total. The van der Waals surface area contributed by atoms with E-state index in [0.29, 0.717) is 18.1 Å². The van der Waals surface area contributed by atoms with Crippen molar-refractivity contribution in [1.29, 1.82) is 0 Å². The molecular weight excluding hydrogens is 382 g/mol. The van der Waals surface area contributed by atoms with E-state index >= 15 is 0 Å². The number of carbonyl (C=O) groups is 1. The summed E-state index contributed by atoms with van der Waals surface area (Å²) < 4.78 is 11.7. The van der Waals surface area contributed by atoms with Crippen molar-refractivity contribution in [3.63, 3.8) is 0 Å². The molecule has 0 bridgehead atoms. The molecule has 2 aromatic carbocycles. The van der Waals surface area contributed by atoms with Gasteiger partial charge >= 0.3 is 5.97 Å². The normalized spacial score (nSPS) is 10.8. The second-order valence-corrected chi connectivity index (χ2v) is 7.72. The van der Waals surface area contributed by atoms with E-state index in [4.69, 9.17) is 9.47 Å². The number of fused-ring (bicyclic) bond motifs is 1.